The van der Waals surface area contributed by atoms with Crippen molar-refractivity contribution in [1.82, 2.24) is 4.98 Å². The molecule has 3 aromatic carbocycles. The molecule has 0 aliphatic heterocycles. The first-order valence-electron chi connectivity index (χ1n) is 13.1. The first kappa shape index (κ1) is 26.7. The zero-order chi connectivity index (χ0) is 27.4. The Labute approximate surface area is 229 Å². The van der Waals surface area contributed by atoms with E-state index in [1.807, 2.05) is 49.4 Å². The number of ether oxygens (including phenoxy) is 2. The number of hydrogen-bond donors (Lipinski definition) is 1. The molecule has 1 fully saturated rings. The molecule has 1 N–H and O–H groups in total. The molecule has 4 aromatic rings. The van der Waals surface area contributed by atoms with Gasteiger partial charge in [-0.25, -0.2) is 13.4 Å². The Kier molecular flexibility index (Phi) is 7.84. The zero-order valence-electron chi connectivity index (χ0n) is 22.1. The smallest absolute Gasteiger partial charge is 0.313 e. The number of anilines is 1. The summed E-state index contributed by atoms with van der Waals surface area (Å²) in [6.07, 6.45) is 3.97. The summed E-state index contributed by atoms with van der Waals surface area (Å²) in [6.45, 7) is 2.04. The molecule has 0 amide bonds. The number of hydrogen-bond acceptors (Lipinski definition) is 6. The van der Waals surface area contributed by atoms with E-state index >= 15 is 0 Å². The number of nitrogens with one attached hydrogen (secondary N) is 1. The molecule has 1 aliphatic carbocycles. The molecule has 0 spiro atoms. The van der Waals surface area contributed by atoms with Crippen LogP contribution in [-0.4, -0.2) is 26.5 Å². The molecule has 1 unspecified atom stereocenters. The summed E-state index contributed by atoms with van der Waals surface area (Å²) in [5.41, 5.74) is 3.49. The second-order valence-electron chi connectivity index (χ2n) is 10.0. The van der Waals surface area contributed by atoms with Gasteiger partial charge in [0.25, 0.3) is 10.0 Å². The van der Waals surface area contributed by atoms with E-state index in [1.165, 1.54) is 7.11 Å². The van der Waals surface area contributed by atoms with Crippen molar-refractivity contribution >= 4 is 32.6 Å². The summed E-state index contributed by atoms with van der Waals surface area (Å²) in [5.74, 6) is -0.299. The first-order chi connectivity index (χ1) is 18.8. The largest absolute Gasteiger partial charge is 0.485 e. The Balaban J connectivity index is 1.49. The number of benzene rings is 3. The number of rotatable bonds is 9. The van der Waals surface area contributed by atoms with Gasteiger partial charge in [0.1, 0.15) is 12.4 Å². The van der Waals surface area contributed by atoms with Crippen LogP contribution in [0, 0.1) is 12.8 Å². The van der Waals surface area contributed by atoms with E-state index in [0.29, 0.717) is 17.0 Å². The molecule has 1 atom stereocenters. The maximum absolute atomic E-state index is 13.3. The van der Waals surface area contributed by atoms with Crippen molar-refractivity contribution in [1.29, 1.82) is 0 Å². The van der Waals surface area contributed by atoms with Crippen molar-refractivity contribution in [2.45, 2.75) is 50.0 Å². The highest BCUT2D eigenvalue weighted by Gasteiger charge is 2.33. The van der Waals surface area contributed by atoms with Gasteiger partial charge in [-0.1, -0.05) is 60.9 Å². The van der Waals surface area contributed by atoms with Gasteiger partial charge in [-0.3, -0.25) is 9.52 Å². The summed E-state index contributed by atoms with van der Waals surface area (Å²) in [7, 11) is -2.53. The van der Waals surface area contributed by atoms with Crippen molar-refractivity contribution in [2.75, 3.05) is 11.8 Å². The van der Waals surface area contributed by atoms with Crippen LogP contribution in [0.4, 0.5) is 5.69 Å². The highest BCUT2D eigenvalue weighted by Crippen LogP contribution is 2.40. The lowest BCUT2D eigenvalue weighted by Crippen LogP contribution is -2.22. The van der Waals surface area contributed by atoms with Crippen LogP contribution in [0.25, 0.3) is 10.9 Å². The van der Waals surface area contributed by atoms with Gasteiger partial charge in [0.15, 0.2) is 0 Å². The summed E-state index contributed by atoms with van der Waals surface area (Å²) < 4.78 is 40.7. The van der Waals surface area contributed by atoms with Crippen LogP contribution in [0.5, 0.6) is 5.75 Å². The van der Waals surface area contributed by atoms with Crippen molar-refractivity contribution in [3.63, 3.8) is 0 Å². The first-order valence-corrected chi connectivity index (χ1v) is 14.6. The van der Waals surface area contributed by atoms with Gasteiger partial charge < -0.3 is 9.47 Å². The molecular formula is C31H32N2O5S. The minimum absolute atomic E-state index is 0.140. The van der Waals surface area contributed by atoms with Gasteiger partial charge >= 0.3 is 5.97 Å². The number of carbonyl (C=O) groups is 1. The fourth-order valence-electron chi connectivity index (χ4n) is 5.23. The van der Waals surface area contributed by atoms with Gasteiger partial charge in [-0.05, 0) is 67.6 Å². The zero-order valence-corrected chi connectivity index (χ0v) is 22.9. The standard InChI is InChI=1S/C31H32N2O5S/c1-21-11-16-26(17-12-21)39(35,36)33-28-19-24(30(31(34)37-2)23-8-3-4-9-23)14-18-29(28)38-20-25-15-13-22-7-5-6-10-27(22)32-25/h5-7,10-19,23,30,33H,3-4,8-9,20H2,1-2H3. The van der Waals surface area contributed by atoms with E-state index in [4.69, 9.17) is 9.47 Å². The number of fused-ring (bicyclic) bond motifs is 1. The third kappa shape index (κ3) is 6.06. The maximum atomic E-state index is 13.3. The van der Waals surface area contributed by atoms with Crippen LogP contribution in [0.15, 0.2) is 83.8 Å². The van der Waals surface area contributed by atoms with Gasteiger partial charge in [-0.15, -0.1) is 0 Å². The molecule has 0 saturated heterocycles. The van der Waals surface area contributed by atoms with E-state index in [2.05, 4.69) is 9.71 Å². The van der Waals surface area contributed by atoms with Crippen molar-refractivity contribution < 1.29 is 22.7 Å². The SMILES string of the molecule is COC(=O)C(c1ccc(OCc2ccc3ccccc3n2)c(NS(=O)(=O)c2ccc(C)cc2)c1)C1CCCC1. The van der Waals surface area contributed by atoms with E-state index in [1.54, 1.807) is 36.4 Å². The molecule has 8 heteroatoms. The summed E-state index contributed by atoms with van der Waals surface area (Å²) >= 11 is 0. The van der Waals surface area contributed by atoms with E-state index in [0.717, 1.165) is 42.1 Å². The highest BCUT2D eigenvalue weighted by atomic mass is 32.2. The molecule has 202 valence electrons. The Morgan fingerprint density at radius 2 is 1.74 bits per heavy atom. The predicted octanol–water partition coefficient (Wildman–Crippen LogP) is 6.37. The fourth-order valence-corrected chi connectivity index (χ4v) is 6.29. The van der Waals surface area contributed by atoms with Gasteiger partial charge in [-0.2, -0.15) is 0 Å². The topological polar surface area (TPSA) is 94.6 Å². The average molecular weight is 545 g/mol. The third-order valence-electron chi connectivity index (χ3n) is 7.30. The molecule has 1 aliphatic rings. The summed E-state index contributed by atoms with van der Waals surface area (Å²) in [5, 5.41) is 1.03. The van der Waals surface area contributed by atoms with Gasteiger partial charge in [0.2, 0.25) is 0 Å². The fraction of sp³-hybridized carbons (Fsp3) is 0.290. The van der Waals surface area contributed by atoms with Crippen LogP contribution in [0.1, 0.15) is 48.4 Å². The molecule has 5 rings (SSSR count). The van der Waals surface area contributed by atoms with Crippen molar-refractivity contribution in [2.24, 2.45) is 5.92 Å². The normalized spacial score (nSPS) is 14.7. The lowest BCUT2D eigenvalue weighted by molar-refractivity contribution is -0.143. The minimum atomic E-state index is -3.91. The number of sulfonamides is 1. The van der Waals surface area contributed by atoms with Crippen LogP contribution in [0.2, 0.25) is 0 Å². The summed E-state index contributed by atoms with van der Waals surface area (Å²) in [6, 6.07) is 23.6. The van der Waals surface area contributed by atoms with E-state index < -0.39 is 15.9 Å². The van der Waals surface area contributed by atoms with Crippen molar-refractivity contribution in [3.05, 3.63) is 95.7 Å². The molecule has 39 heavy (non-hydrogen) atoms. The Hall–Kier alpha value is -3.91. The lowest BCUT2D eigenvalue weighted by atomic mass is 9.84. The molecule has 1 heterocycles. The van der Waals surface area contributed by atoms with Gasteiger partial charge in [0.05, 0.1) is 34.8 Å². The molecule has 1 saturated carbocycles. The number of methoxy groups -OCH3 is 1. The Bertz CT molecular complexity index is 1580. The molecule has 0 radical (unpaired) electrons. The molecule has 7 nitrogen and oxygen atoms in total. The van der Waals surface area contributed by atoms with E-state index in [9.17, 15) is 13.2 Å². The maximum Gasteiger partial charge on any atom is 0.313 e. The van der Waals surface area contributed by atoms with Crippen molar-refractivity contribution in [3.8, 4) is 5.75 Å². The molecular weight excluding hydrogens is 512 g/mol. The average Bonchev–Trinajstić information content (AvgIpc) is 3.47. The lowest BCUT2D eigenvalue weighted by Gasteiger charge is -2.23. The number of para-hydroxylation sites is 1. The number of aryl methyl sites for hydroxylation is 1. The van der Waals surface area contributed by atoms with E-state index in [-0.39, 0.29) is 29.1 Å². The van der Waals surface area contributed by atoms with Crippen LogP contribution in [0.3, 0.4) is 0 Å². The molecule has 1 aromatic heterocycles. The Morgan fingerprint density at radius 1 is 1.00 bits per heavy atom. The van der Waals surface area contributed by atoms with Crippen LogP contribution >= 0.6 is 0 Å². The van der Waals surface area contributed by atoms with Crippen LogP contribution < -0.4 is 9.46 Å². The number of pyridine rings is 1. The number of esters is 1. The van der Waals surface area contributed by atoms with Gasteiger partial charge in [0, 0.05) is 5.39 Å². The number of nitrogens with zero attached hydrogens (tertiary/aromatic N) is 1. The molecule has 0 bridgehead atoms. The second kappa shape index (κ2) is 11.5. The monoisotopic (exact) mass is 544 g/mol. The predicted molar refractivity (Wildman–Crippen MR) is 151 cm³/mol. The van der Waals surface area contributed by atoms with Crippen LogP contribution in [-0.2, 0) is 26.2 Å². The minimum Gasteiger partial charge on any atom is -0.485 e. The number of aromatic nitrogens is 1. The quantitative estimate of drug-likeness (QED) is 0.246. The third-order valence-corrected chi connectivity index (χ3v) is 8.68. The summed E-state index contributed by atoms with van der Waals surface area (Å²) in [4.78, 5) is 17.6. The highest BCUT2D eigenvalue weighted by molar-refractivity contribution is 7.92. The number of carbonyl (C=O) groups excluding carboxylic acids is 1. The Morgan fingerprint density at radius 3 is 2.49 bits per heavy atom. The second-order valence-corrected chi connectivity index (χ2v) is 11.7.